The lowest BCUT2D eigenvalue weighted by molar-refractivity contribution is -0.150. The van der Waals surface area contributed by atoms with Gasteiger partial charge in [-0.2, -0.15) is 0 Å². The van der Waals surface area contributed by atoms with Crippen molar-refractivity contribution in [1.29, 1.82) is 0 Å². The Morgan fingerprint density at radius 1 is 1.24 bits per heavy atom. The quantitative estimate of drug-likeness (QED) is 0.436. The average molecular weight is 493 g/mol. The maximum atomic E-state index is 15.0. The molecule has 3 fully saturated rings. The molecule has 2 saturated heterocycles. The summed E-state index contributed by atoms with van der Waals surface area (Å²) in [6.07, 6.45) is 2.46. The van der Waals surface area contributed by atoms with Crippen molar-refractivity contribution in [3.05, 3.63) is 24.0 Å². The lowest BCUT2D eigenvalue weighted by Crippen LogP contribution is -2.50. The van der Waals surface area contributed by atoms with Gasteiger partial charge < -0.3 is 24.6 Å². The molecule has 0 aromatic heterocycles. The normalized spacial score (nSPS) is 20.2. The molecule has 1 unspecified atom stereocenters. The number of nitrogens with one attached hydrogen (secondary N) is 1. The second-order valence-electron chi connectivity index (χ2n) is 8.85. The van der Waals surface area contributed by atoms with Crippen LogP contribution in [0.1, 0.15) is 26.2 Å². The molecule has 2 aliphatic heterocycles. The number of thiocarbonyl (C=S) groups is 1. The van der Waals surface area contributed by atoms with E-state index in [1.165, 1.54) is 30.7 Å². The summed E-state index contributed by atoms with van der Waals surface area (Å²) in [4.78, 5) is 41.0. The monoisotopic (exact) mass is 492 g/mol. The van der Waals surface area contributed by atoms with Gasteiger partial charge in [0.05, 0.1) is 29.5 Å². The van der Waals surface area contributed by atoms with Crippen LogP contribution in [0.15, 0.2) is 18.2 Å². The molecule has 184 valence electrons. The van der Waals surface area contributed by atoms with Crippen LogP contribution in [-0.4, -0.2) is 79.8 Å². The summed E-state index contributed by atoms with van der Waals surface area (Å²) in [5.74, 6) is -0.531. The summed E-state index contributed by atoms with van der Waals surface area (Å²) < 4.78 is 25.1. The first kappa shape index (κ1) is 24.2. The van der Waals surface area contributed by atoms with Gasteiger partial charge in [0, 0.05) is 39.5 Å². The number of halogens is 1. The van der Waals surface area contributed by atoms with E-state index in [0.717, 1.165) is 11.4 Å². The molecule has 1 aliphatic carbocycles. The highest BCUT2D eigenvalue weighted by Crippen LogP contribution is 2.32. The molecule has 0 radical (unpaired) electrons. The van der Waals surface area contributed by atoms with Crippen LogP contribution in [-0.2, 0) is 19.1 Å². The third-order valence-electron chi connectivity index (χ3n) is 6.19. The zero-order valence-electron chi connectivity index (χ0n) is 19.1. The Morgan fingerprint density at radius 2 is 1.97 bits per heavy atom. The number of anilines is 2. The number of rotatable bonds is 8. The third kappa shape index (κ3) is 6.13. The van der Waals surface area contributed by atoms with Crippen LogP contribution >= 0.6 is 12.2 Å². The highest BCUT2D eigenvalue weighted by atomic mass is 32.1. The molecule has 1 N–H and O–H groups in total. The molecule has 0 spiro atoms. The zero-order chi connectivity index (χ0) is 24.2. The third-order valence-corrected chi connectivity index (χ3v) is 6.50. The van der Waals surface area contributed by atoms with Gasteiger partial charge in [-0.05, 0) is 37.0 Å². The average Bonchev–Trinajstić information content (AvgIpc) is 3.55. The van der Waals surface area contributed by atoms with Gasteiger partial charge in [0.2, 0.25) is 0 Å². The van der Waals surface area contributed by atoms with E-state index in [1.54, 1.807) is 17.0 Å². The summed E-state index contributed by atoms with van der Waals surface area (Å²) in [6, 6.07) is 4.68. The van der Waals surface area contributed by atoms with Crippen molar-refractivity contribution in [2.75, 3.05) is 55.7 Å². The fraction of sp³-hybridized carbons (Fsp3) is 0.565. The second-order valence-corrected chi connectivity index (χ2v) is 9.34. The molecule has 2 amide bonds. The second kappa shape index (κ2) is 10.5. The number of esters is 1. The van der Waals surface area contributed by atoms with Gasteiger partial charge >= 0.3 is 12.1 Å². The molecule has 9 nitrogen and oxygen atoms in total. The van der Waals surface area contributed by atoms with E-state index in [1.807, 2.05) is 4.90 Å². The number of carbonyl (C=O) groups is 3. The zero-order valence-corrected chi connectivity index (χ0v) is 19.9. The fourth-order valence-electron chi connectivity index (χ4n) is 4.09. The Bertz CT molecular complexity index is 965. The van der Waals surface area contributed by atoms with Crippen molar-refractivity contribution < 1.29 is 28.2 Å². The van der Waals surface area contributed by atoms with Crippen molar-refractivity contribution in [1.82, 2.24) is 10.2 Å². The summed E-state index contributed by atoms with van der Waals surface area (Å²) in [5, 5.41) is 3.17. The van der Waals surface area contributed by atoms with Crippen LogP contribution in [0.4, 0.5) is 20.6 Å². The molecule has 3 aliphatic rings. The fourth-order valence-corrected chi connectivity index (χ4v) is 4.41. The van der Waals surface area contributed by atoms with Gasteiger partial charge in [0.1, 0.15) is 11.9 Å². The Hall–Kier alpha value is -2.95. The van der Waals surface area contributed by atoms with Crippen molar-refractivity contribution in [3.63, 3.8) is 0 Å². The van der Waals surface area contributed by atoms with Crippen molar-refractivity contribution in [2.24, 2.45) is 5.92 Å². The maximum absolute atomic E-state index is 15.0. The molecule has 2 heterocycles. The Morgan fingerprint density at radius 3 is 2.62 bits per heavy atom. The topological polar surface area (TPSA) is 91.4 Å². The highest BCUT2D eigenvalue weighted by Gasteiger charge is 2.33. The summed E-state index contributed by atoms with van der Waals surface area (Å²) in [6.45, 7) is 3.42. The first-order valence-electron chi connectivity index (χ1n) is 11.5. The molecule has 1 saturated carbocycles. The lowest BCUT2D eigenvalue weighted by atomic mass is 10.2. The van der Waals surface area contributed by atoms with E-state index in [0.29, 0.717) is 56.6 Å². The minimum atomic E-state index is -0.507. The lowest BCUT2D eigenvalue weighted by Gasteiger charge is -2.36. The van der Waals surface area contributed by atoms with Crippen LogP contribution in [0.3, 0.4) is 0 Å². The minimum Gasteiger partial charge on any atom is -0.456 e. The first-order valence-corrected chi connectivity index (χ1v) is 11.9. The molecular weight excluding hydrogens is 463 g/mol. The van der Waals surface area contributed by atoms with Crippen molar-refractivity contribution in [2.45, 2.75) is 32.3 Å². The maximum Gasteiger partial charge on any atom is 0.414 e. The van der Waals surface area contributed by atoms with Crippen LogP contribution in [0.25, 0.3) is 0 Å². The van der Waals surface area contributed by atoms with Crippen molar-refractivity contribution in [3.8, 4) is 0 Å². The predicted molar refractivity (Wildman–Crippen MR) is 127 cm³/mol. The number of cyclic esters (lactones) is 1. The molecule has 4 rings (SSSR count). The van der Waals surface area contributed by atoms with Crippen LogP contribution in [0, 0.1) is 11.7 Å². The molecule has 1 atom stereocenters. The summed E-state index contributed by atoms with van der Waals surface area (Å²) in [5.41, 5.74) is 0.844. The van der Waals surface area contributed by atoms with Gasteiger partial charge in [-0.3, -0.25) is 14.5 Å². The molecule has 34 heavy (non-hydrogen) atoms. The molecule has 1 aromatic rings. The van der Waals surface area contributed by atoms with E-state index in [4.69, 9.17) is 21.7 Å². The molecule has 11 heteroatoms. The van der Waals surface area contributed by atoms with Gasteiger partial charge in [-0.25, -0.2) is 9.18 Å². The Kier molecular flexibility index (Phi) is 7.50. The highest BCUT2D eigenvalue weighted by molar-refractivity contribution is 7.80. The van der Waals surface area contributed by atoms with Crippen LogP contribution in [0.2, 0.25) is 0 Å². The van der Waals surface area contributed by atoms with Crippen molar-refractivity contribution >= 4 is 46.6 Å². The number of benzene rings is 1. The number of amides is 2. The minimum absolute atomic E-state index is 0.268. The van der Waals surface area contributed by atoms with Crippen LogP contribution < -0.4 is 15.1 Å². The van der Waals surface area contributed by atoms with E-state index >= 15 is 0 Å². The van der Waals surface area contributed by atoms with E-state index in [-0.39, 0.29) is 18.6 Å². The molecule has 1 aromatic carbocycles. The summed E-state index contributed by atoms with van der Waals surface area (Å²) >= 11 is 5.33. The van der Waals surface area contributed by atoms with Gasteiger partial charge in [0.25, 0.3) is 5.91 Å². The molecule has 0 bridgehead atoms. The number of hydrogen-bond donors (Lipinski definition) is 1. The van der Waals surface area contributed by atoms with Crippen LogP contribution in [0.5, 0.6) is 0 Å². The van der Waals surface area contributed by atoms with Gasteiger partial charge in [-0.1, -0.05) is 12.2 Å². The first-order chi connectivity index (χ1) is 16.3. The van der Waals surface area contributed by atoms with Gasteiger partial charge in [-0.15, -0.1) is 0 Å². The van der Waals surface area contributed by atoms with E-state index in [9.17, 15) is 18.8 Å². The Labute approximate surface area is 203 Å². The predicted octanol–water partition coefficient (Wildman–Crippen LogP) is 2.08. The largest absolute Gasteiger partial charge is 0.456 e. The number of ether oxygens (including phenoxy) is 2. The number of piperazine rings is 1. The number of hydrogen-bond acceptors (Lipinski definition) is 7. The van der Waals surface area contributed by atoms with E-state index in [2.05, 4.69) is 5.32 Å². The SMILES string of the molecule is CC(=O)OCC(=O)N1CCN(c2ccc(N3CC(CNC(=S)CC4CC4)OC3=O)cc2F)CC1. The Balaban J connectivity index is 1.29. The smallest absolute Gasteiger partial charge is 0.414 e. The van der Waals surface area contributed by atoms with Gasteiger partial charge in [0.15, 0.2) is 6.61 Å². The summed E-state index contributed by atoms with van der Waals surface area (Å²) in [7, 11) is 0. The van der Waals surface area contributed by atoms with E-state index < -0.39 is 17.9 Å². The molecular formula is C23H29FN4O5S. The number of carbonyl (C=O) groups excluding carboxylic acids is 3. The standard InChI is InChI=1S/C23H29FN4O5S/c1-15(29)32-14-22(30)27-8-6-26(7-9-27)20-5-4-17(11-19(20)24)28-13-18(33-23(28)31)12-25-21(34)10-16-2-3-16/h4-5,11,16,18H,2-3,6-10,12-14H2,1H3,(H,25,34). The number of nitrogens with zero attached hydrogens (tertiary/aromatic N) is 3.